The summed E-state index contributed by atoms with van der Waals surface area (Å²) in [6, 6.07) is 14.8. The summed E-state index contributed by atoms with van der Waals surface area (Å²) >= 11 is 0. The van der Waals surface area contributed by atoms with Crippen molar-refractivity contribution in [1.29, 1.82) is 0 Å². The topological polar surface area (TPSA) is 83.2 Å². The van der Waals surface area contributed by atoms with Gasteiger partial charge in [0.1, 0.15) is 11.7 Å². The third-order valence-corrected chi connectivity index (χ3v) is 10.6. The molecule has 196 valence electrons. The van der Waals surface area contributed by atoms with Crippen LogP contribution in [0.1, 0.15) is 42.4 Å². The van der Waals surface area contributed by atoms with Gasteiger partial charge in [-0.25, -0.2) is 0 Å². The van der Waals surface area contributed by atoms with Gasteiger partial charge in [-0.3, -0.25) is 9.69 Å². The number of benzene rings is 2. The van der Waals surface area contributed by atoms with Crippen molar-refractivity contribution in [1.82, 2.24) is 4.90 Å². The predicted molar refractivity (Wildman–Crippen MR) is 138 cm³/mol. The number of primary amides is 1. The van der Waals surface area contributed by atoms with Crippen LogP contribution in [0, 0.1) is 11.3 Å². The number of likely N-dealkylation sites (tertiary alicyclic amines) is 1. The Kier molecular flexibility index (Phi) is 5.20. The monoisotopic (exact) mass is 504 g/mol. The number of hydrogen-bond donors (Lipinski definition) is 1. The van der Waals surface area contributed by atoms with Gasteiger partial charge in [-0.05, 0) is 49.3 Å². The molecule has 2 aliphatic heterocycles. The lowest BCUT2D eigenvalue weighted by Gasteiger charge is -2.73. The zero-order chi connectivity index (χ0) is 25.4. The molecule has 3 saturated carbocycles. The molecule has 3 unspecified atom stereocenters. The molecule has 0 radical (unpaired) electrons. The number of amides is 1. The number of carbonyl (C=O) groups excluding carboxylic acids is 1. The zero-order valence-electron chi connectivity index (χ0n) is 21.7. The van der Waals surface area contributed by atoms with Gasteiger partial charge in [0.2, 0.25) is 5.91 Å². The molecule has 6 atom stereocenters. The second-order valence-electron chi connectivity index (χ2n) is 11.7. The summed E-state index contributed by atoms with van der Waals surface area (Å²) in [7, 11) is 3.57. The number of methoxy groups -OCH3 is 2. The second-order valence-corrected chi connectivity index (χ2v) is 11.7. The van der Waals surface area contributed by atoms with Crippen molar-refractivity contribution in [2.45, 2.75) is 61.9 Å². The van der Waals surface area contributed by atoms with Crippen LogP contribution >= 0.6 is 0 Å². The van der Waals surface area contributed by atoms with E-state index < -0.39 is 5.60 Å². The van der Waals surface area contributed by atoms with E-state index in [0.29, 0.717) is 19.8 Å². The van der Waals surface area contributed by atoms with Crippen LogP contribution in [-0.4, -0.2) is 62.5 Å². The number of rotatable bonds is 8. The molecular formula is C30H36N2O5. The van der Waals surface area contributed by atoms with Crippen molar-refractivity contribution in [2.75, 3.05) is 33.9 Å². The summed E-state index contributed by atoms with van der Waals surface area (Å²) in [5, 5.41) is 0. The molecule has 7 heteroatoms. The molecule has 37 heavy (non-hydrogen) atoms. The molecule has 8 rings (SSSR count). The minimum absolute atomic E-state index is 0.0307. The maximum Gasteiger partial charge on any atom is 0.231 e. The van der Waals surface area contributed by atoms with E-state index in [-0.39, 0.29) is 34.8 Å². The summed E-state index contributed by atoms with van der Waals surface area (Å²) in [6.45, 7) is 2.33. The van der Waals surface area contributed by atoms with Crippen LogP contribution in [0.5, 0.6) is 11.5 Å². The summed E-state index contributed by atoms with van der Waals surface area (Å²) in [5.41, 5.74) is 8.96. The Morgan fingerprint density at radius 3 is 2.73 bits per heavy atom. The number of fused-ring (bicyclic) bond motifs is 2. The molecule has 2 aromatic rings. The second kappa shape index (κ2) is 8.19. The molecule has 1 amide bonds. The maximum atomic E-state index is 12.1. The fourth-order valence-corrected chi connectivity index (χ4v) is 9.33. The van der Waals surface area contributed by atoms with Crippen LogP contribution in [0.25, 0.3) is 0 Å². The number of carbonyl (C=O) groups is 1. The van der Waals surface area contributed by atoms with E-state index in [0.717, 1.165) is 50.1 Å². The molecule has 2 N–H and O–H groups in total. The van der Waals surface area contributed by atoms with E-state index in [1.54, 1.807) is 7.11 Å². The lowest BCUT2D eigenvalue weighted by atomic mass is 9.35. The minimum Gasteiger partial charge on any atom is -0.493 e. The summed E-state index contributed by atoms with van der Waals surface area (Å²) in [4.78, 5) is 14.5. The normalized spacial score (nSPS) is 36.6. The average molecular weight is 505 g/mol. The maximum absolute atomic E-state index is 12.1. The van der Waals surface area contributed by atoms with Crippen molar-refractivity contribution in [2.24, 2.45) is 17.1 Å². The van der Waals surface area contributed by atoms with Gasteiger partial charge < -0.3 is 24.7 Å². The van der Waals surface area contributed by atoms with Gasteiger partial charge in [0, 0.05) is 42.0 Å². The van der Waals surface area contributed by atoms with Gasteiger partial charge >= 0.3 is 0 Å². The largest absolute Gasteiger partial charge is 0.493 e. The summed E-state index contributed by atoms with van der Waals surface area (Å²) in [5.74, 6) is 1.64. The van der Waals surface area contributed by atoms with Crippen LogP contribution in [0.2, 0.25) is 0 Å². The van der Waals surface area contributed by atoms with Gasteiger partial charge in [-0.15, -0.1) is 0 Å². The van der Waals surface area contributed by atoms with Crippen molar-refractivity contribution < 1.29 is 23.7 Å². The first-order valence-electron chi connectivity index (χ1n) is 13.6. The highest BCUT2D eigenvalue weighted by Gasteiger charge is 2.80. The molecule has 2 heterocycles. The van der Waals surface area contributed by atoms with E-state index >= 15 is 0 Å². The summed E-state index contributed by atoms with van der Waals surface area (Å²) < 4.78 is 25.8. The van der Waals surface area contributed by atoms with E-state index in [4.69, 9.17) is 24.7 Å². The van der Waals surface area contributed by atoms with Gasteiger partial charge in [0.05, 0.1) is 26.9 Å². The van der Waals surface area contributed by atoms with Gasteiger partial charge in [0.15, 0.2) is 11.5 Å². The SMILES string of the molecule is COc1ccc2c3c1O[C@H]1C4(OC)CCC5(C[C@@H]4COCc4ccccc4)[C@@H](C2)N(CC(N)=O)CCC315. The van der Waals surface area contributed by atoms with E-state index in [9.17, 15) is 4.79 Å². The lowest BCUT2D eigenvalue weighted by molar-refractivity contribution is -0.283. The van der Waals surface area contributed by atoms with E-state index in [1.165, 1.54) is 16.7 Å². The first kappa shape index (κ1) is 23.5. The van der Waals surface area contributed by atoms with Crippen molar-refractivity contribution in [3.05, 3.63) is 59.2 Å². The number of nitrogens with two attached hydrogens (primary N) is 1. The Morgan fingerprint density at radius 2 is 1.97 bits per heavy atom. The number of piperidine rings is 1. The van der Waals surface area contributed by atoms with Crippen LogP contribution in [0.15, 0.2) is 42.5 Å². The Bertz CT molecular complexity index is 1240. The molecule has 2 aromatic carbocycles. The molecule has 1 saturated heterocycles. The zero-order valence-corrected chi connectivity index (χ0v) is 21.7. The van der Waals surface area contributed by atoms with Gasteiger partial charge in [0.25, 0.3) is 0 Å². The highest BCUT2D eigenvalue weighted by Crippen LogP contribution is 2.76. The van der Waals surface area contributed by atoms with E-state index in [1.807, 2.05) is 31.4 Å². The lowest BCUT2D eigenvalue weighted by Crippen LogP contribution is -2.81. The average Bonchev–Trinajstić information content (AvgIpc) is 3.27. The molecule has 2 spiro atoms. The Balaban J connectivity index is 1.33. The van der Waals surface area contributed by atoms with Crippen LogP contribution < -0.4 is 15.2 Å². The first-order chi connectivity index (χ1) is 18.0. The van der Waals surface area contributed by atoms with Gasteiger partial charge in [-0.1, -0.05) is 36.4 Å². The predicted octanol–water partition coefficient (Wildman–Crippen LogP) is 3.21. The highest BCUT2D eigenvalue weighted by molar-refractivity contribution is 5.76. The van der Waals surface area contributed by atoms with Crippen LogP contribution in [-0.2, 0) is 32.7 Å². The highest BCUT2D eigenvalue weighted by atomic mass is 16.6. The number of nitrogens with zero attached hydrogens (tertiary/aromatic N) is 1. The quantitative estimate of drug-likeness (QED) is 0.595. The molecule has 0 aromatic heterocycles. The van der Waals surface area contributed by atoms with Crippen LogP contribution in [0.3, 0.4) is 0 Å². The Hall–Kier alpha value is -2.61. The standard InChI is InChI=1S/C30H36N2O5/c1-34-22-9-8-20-14-23-28-10-11-30(35-2,21(15-28)18-36-17-19-6-4-3-5-7-19)27-29(28,25(20)26(22)37-27)12-13-32(23)16-24(31)33/h3-9,21,23,27H,10-18H2,1-2H3,(H2,31,33)/t21-,23-,27-,28?,29?,30?/m1/s1. The molecule has 6 aliphatic rings. The fraction of sp³-hybridized carbons (Fsp3) is 0.567. The van der Waals surface area contributed by atoms with Crippen molar-refractivity contribution >= 4 is 5.91 Å². The summed E-state index contributed by atoms with van der Waals surface area (Å²) in [6.07, 6.45) is 4.67. The molecule has 4 fully saturated rings. The van der Waals surface area contributed by atoms with Crippen molar-refractivity contribution in [3.63, 3.8) is 0 Å². The molecule has 7 nitrogen and oxygen atoms in total. The van der Waals surface area contributed by atoms with Crippen molar-refractivity contribution in [3.8, 4) is 11.5 Å². The molecular weight excluding hydrogens is 468 g/mol. The van der Waals surface area contributed by atoms with Crippen LogP contribution in [0.4, 0.5) is 0 Å². The Morgan fingerprint density at radius 1 is 1.14 bits per heavy atom. The third kappa shape index (κ3) is 2.91. The van der Waals surface area contributed by atoms with E-state index in [2.05, 4.69) is 23.1 Å². The first-order valence-corrected chi connectivity index (χ1v) is 13.6. The number of hydrogen-bond acceptors (Lipinski definition) is 6. The number of ether oxygens (including phenoxy) is 4. The Labute approximate surface area is 218 Å². The molecule has 4 bridgehead atoms. The van der Waals surface area contributed by atoms with Gasteiger partial charge in [-0.2, -0.15) is 0 Å². The molecule has 4 aliphatic carbocycles. The third-order valence-electron chi connectivity index (χ3n) is 10.6. The fourth-order valence-electron chi connectivity index (χ4n) is 9.33. The smallest absolute Gasteiger partial charge is 0.231 e. The minimum atomic E-state index is -0.437.